The number of carbonyl (C=O) groups is 1. The van der Waals surface area contributed by atoms with Gasteiger partial charge in [0.1, 0.15) is 6.54 Å². The van der Waals surface area contributed by atoms with Gasteiger partial charge in [0.15, 0.2) is 0 Å². The molecule has 16 heavy (non-hydrogen) atoms. The minimum absolute atomic E-state index is 0.0209. The number of aromatic nitrogens is 1. The summed E-state index contributed by atoms with van der Waals surface area (Å²) in [5, 5.41) is 10.5. The highest BCUT2D eigenvalue weighted by molar-refractivity contribution is 14.1. The van der Waals surface area contributed by atoms with E-state index in [4.69, 9.17) is 16.7 Å². The summed E-state index contributed by atoms with van der Waals surface area (Å²) in [5.41, 5.74) is 1.87. The SMILES string of the molecule is Cc1c(I)c2cc(Cl)ccc2n1CC(=O)O. The fraction of sp³-hybridized carbons (Fsp3) is 0.182. The summed E-state index contributed by atoms with van der Waals surface area (Å²) in [7, 11) is 0. The van der Waals surface area contributed by atoms with Crippen LogP contribution in [0.1, 0.15) is 5.69 Å². The van der Waals surface area contributed by atoms with Crippen LogP contribution < -0.4 is 0 Å². The predicted molar refractivity (Wildman–Crippen MR) is 72.0 cm³/mol. The summed E-state index contributed by atoms with van der Waals surface area (Å²) in [6, 6.07) is 5.50. The molecule has 0 atom stereocenters. The number of hydrogen-bond acceptors (Lipinski definition) is 1. The van der Waals surface area contributed by atoms with E-state index < -0.39 is 5.97 Å². The molecule has 0 spiro atoms. The molecule has 0 fully saturated rings. The maximum Gasteiger partial charge on any atom is 0.323 e. The molecule has 0 unspecified atom stereocenters. The number of hydrogen-bond donors (Lipinski definition) is 1. The second-order valence-electron chi connectivity index (χ2n) is 3.54. The van der Waals surface area contributed by atoms with Crippen LogP contribution in [0.4, 0.5) is 0 Å². The van der Waals surface area contributed by atoms with E-state index in [1.54, 1.807) is 10.6 Å². The molecular formula is C11H9ClINO2. The molecule has 0 aliphatic rings. The molecule has 0 radical (unpaired) electrons. The van der Waals surface area contributed by atoms with Crippen LogP contribution in [0.15, 0.2) is 18.2 Å². The Morgan fingerprint density at radius 1 is 1.56 bits per heavy atom. The molecule has 84 valence electrons. The van der Waals surface area contributed by atoms with Gasteiger partial charge in [-0.15, -0.1) is 0 Å². The Bertz CT molecular complexity index is 577. The molecule has 0 aliphatic carbocycles. The van der Waals surface area contributed by atoms with E-state index in [-0.39, 0.29) is 6.54 Å². The summed E-state index contributed by atoms with van der Waals surface area (Å²) in [6.45, 7) is 1.89. The number of aliphatic carboxylic acids is 1. The lowest BCUT2D eigenvalue weighted by Crippen LogP contribution is -2.09. The van der Waals surface area contributed by atoms with Crippen molar-refractivity contribution in [1.29, 1.82) is 0 Å². The van der Waals surface area contributed by atoms with E-state index in [0.29, 0.717) is 5.02 Å². The minimum atomic E-state index is -0.841. The van der Waals surface area contributed by atoms with Crippen molar-refractivity contribution in [1.82, 2.24) is 4.57 Å². The minimum Gasteiger partial charge on any atom is -0.480 e. The van der Waals surface area contributed by atoms with Crippen LogP contribution in [0.5, 0.6) is 0 Å². The third-order valence-electron chi connectivity index (χ3n) is 2.50. The van der Waals surface area contributed by atoms with Crippen LogP contribution in [-0.2, 0) is 11.3 Å². The van der Waals surface area contributed by atoms with Gasteiger partial charge >= 0.3 is 5.97 Å². The molecular weight excluding hydrogens is 340 g/mol. The van der Waals surface area contributed by atoms with Gasteiger partial charge in [0.25, 0.3) is 0 Å². The van der Waals surface area contributed by atoms with E-state index in [9.17, 15) is 4.79 Å². The van der Waals surface area contributed by atoms with Crippen molar-refractivity contribution in [2.75, 3.05) is 0 Å². The molecule has 5 heteroatoms. The maximum atomic E-state index is 10.8. The fourth-order valence-corrected chi connectivity index (χ4v) is 2.65. The number of fused-ring (bicyclic) bond motifs is 1. The van der Waals surface area contributed by atoms with Crippen molar-refractivity contribution in [3.8, 4) is 0 Å². The van der Waals surface area contributed by atoms with Crippen molar-refractivity contribution in [3.05, 3.63) is 32.5 Å². The molecule has 2 aromatic rings. The lowest BCUT2D eigenvalue weighted by Gasteiger charge is -2.03. The lowest BCUT2D eigenvalue weighted by atomic mass is 10.2. The van der Waals surface area contributed by atoms with E-state index in [2.05, 4.69) is 22.6 Å². The van der Waals surface area contributed by atoms with Gasteiger partial charge in [-0.3, -0.25) is 4.79 Å². The summed E-state index contributed by atoms with van der Waals surface area (Å²) < 4.78 is 2.84. The van der Waals surface area contributed by atoms with Gasteiger partial charge < -0.3 is 9.67 Å². The monoisotopic (exact) mass is 349 g/mol. The summed E-state index contributed by atoms with van der Waals surface area (Å²) in [4.78, 5) is 10.8. The molecule has 0 saturated heterocycles. The Morgan fingerprint density at radius 2 is 2.25 bits per heavy atom. The zero-order valence-corrected chi connectivity index (χ0v) is 11.4. The smallest absolute Gasteiger partial charge is 0.323 e. The first-order valence-corrected chi connectivity index (χ1v) is 6.12. The van der Waals surface area contributed by atoms with Crippen molar-refractivity contribution < 1.29 is 9.90 Å². The molecule has 1 aromatic heterocycles. The Balaban J connectivity index is 2.73. The van der Waals surface area contributed by atoms with E-state index in [0.717, 1.165) is 20.2 Å². The van der Waals surface area contributed by atoms with Crippen LogP contribution >= 0.6 is 34.2 Å². The van der Waals surface area contributed by atoms with Crippen molar-refractivity contribution in [3.63, 3.8) is 0 Å². The van der Waals surface area contributed by atoms with Crippen LogP contribution in [0.25, 0.3) is 10.9 Å². The number of rotatable bonds is 2. The Morgan fingerprint density at radius 3 is 2.88 bits per heavy atom. The molecule has 0 amide bonds. The van der Waals surface area contributed by atoms with E-state index >= 15 is 0 Å². The highest BCUT2D eigenvalue weighted by atomic mass is 127. The highest BCUT2D eigenvalue weighted by Gasteiger charge is 2.13. The van der Waals surface area contributed by atoms with E-state index in [1.165, 1.54) is 0 Å². The topological polar surface area (TPSA) is 42.2 Å². The number of carboxylic acids is 1. The highest BCUT2D eigenvalue weighted by Crippen LogP contribution is 2.29. The van der Waals surface area contributed by atoms with Crippen LogP contribution in [0.3, 0.4) is 0 Å². The van der Waals surface area contributed by atoms with Crippen LogP contribution in [0, 0.1) is 10.5 Å². The van der Waals surface area contributed by atoms with Gasteiger partial charge in [0, 0.05) is 25.2 Å². The zero-order valence-electron chi connectivity index (χ0n) is 8.50. The molecule has 1 aromatic carbocycles. The predicted octanol–water partition coefficient (Wildman–Crippen LogP) is 3.29. The number of halogens is 2. The third-order valence-corrected chi connectivity index (χ3v) is 4.10. The molecule has 0 bridgehead atoms. The number of benzene rings is 1. The molecule has 1 N–H and O–H groups in total. The van der Waals surface area contributed by atoms with Gasteiger partial charge in [-0.05, 0) is 47.7 Å². The van der Waals surface area contributed by atoms with Gasteiger partial charge in [0.2, 0.25) is 0 Å². The Hall–Kier alpha value is -0.750. The standard InChI is InChI=1S/C11H9ClINO2/c1-6-11(13)8-4-7(12)2-3-9(8)14(6)5-10(15)16/h2-4H,5H2,1H3,(H,15,16). The number of nitrogens with zero attached hydrogens (tertiary/aromatic N) is 1. The molecule has 2 rings (SSSR count). The number of carboxylic acid groups (broad SMARTS) is 1. The van der Waals surface area contributed by atoms with Gasteiger partial charge in [-0.1, -0.05) is 11.6 Å². The Labute approximate surface area is 111 Å². The molecule has 0 saturated carbocycles. The summed E-state index contributed by atoms with van der Waals surface area (Å²) in [5.74, 6) is -0.841. The average Bonchev–Trinajstić information content (AvgIpc) is 2.43. The van der Waals surface area contributed by atoms with Crippen molar-refractivity contribution in [2.45, 2.75) is 13.5 Å². The van der Waals surface area contributed by atoms with Gasteiger partial charge in [-0.25, -0.2) is 0 Å². The molecule has 3 nitrogen and oxygen atoms in total. The normalized spacial score (nSPS) is 10.9. The summed E-state index contributed by atoms with van der Waals surface area (Å²) >= 11 is 8.14. The van der Waals surface area contributed by atoms with Gasteiger partial charge in [0.05, 0.1) is 0 Å². The second-order valence-corrected chi connectivity index (χ2v) is 5.06. The second kappa shape index (κ2) is 4.25. The lowest BCUT2D eigenvalue weighted by molar-refractivity contribution is -0.137. The van der Waals surface area contributed by atoms with Crippen molar-refractivity contribution >= 4 is 51.1 Å². The average molecular weight is 350 g/mol. The quantitative estimate of drug-likeness (QED) is 0.846. The first kappa shape index (κ1) is 11.7. The van der Waals surface area contributed by atoms with Crippen LogP contribution in [-0.4, -0.2) is 15.6 Å². The third kappa shape index (κ3) is 1.91. The largest absolute Gasteiger partial charge is 0.480 e. The van der Waals surface area contributed by atoms with E-state index in [1.807, 2.05) is 19.1 Å². The van der Waals surface area contributed by atoms with Gasteiger partial charge in [-0.2, -0.15) is 0 Å². The van der Waals surface area contributed by atoms with Crippen molar-refractivity contribution in [2.24, 2.45) is 0 Å². The molecule has 1 heterocycles. The fourth-order valence-electron chi connectivity index (χ4n) is 1.75. The summed E-state index contributed by atoms with van der Waals surface area (Å²) in [6.07, 6.45) is 0. The van der Waals surface area contributed by atoms with Crippen LogP contribution in [0.2, 0.25) is 5.02 Å². The maximum absolute atomic E-state index is 10.8. The Kier molecular flexibility index (Phi) is 3.12. The first-order chi connectivity index (χ1) is 7.50. The molecule has 0 aliphatic heterocycles. The zero-order chi connectivity index (χ0) is 11.9. The first-order valence-electron chi connectivity index (χ1n) is 4.66.